The van der Waals surface area contributed by atoms with Gasteiger partial charge in [0, 0.05) is 5.02 Å². The fourth-order valence-electron chi connectivity index (χ4n) is 1.99. The van der Waals surface area contributed by atoms with E-state index in [2.05, 4.69) is 0 Å². The van der Waals surface area contributed by atoms with Gasteiger partial charge in [-0.15, -0.1) is 0 Å². The highest BCUT2D eigenvalue weighted by molar-refractivity contribution is 6.30. The lowest BCUT2D eigenvalue weighted by molar-refractivity contribution is -0.147. The van der Waals surface area contributed by atoms with Crippen LogP contribution < -0.4 is 5.73 Å². The van der Waals surface area contributed by atoms with Crippen molar-refractivity contribution in [3.05, 3.63) is 34.9 Å². The van der Waals surface area contributed by atoms with E-state index in [9.17, 15) is 4.79 Å². The molecule has 0 spiro atoms. The molecule has 3 N–H and O–H groups in total. The Balaban J connectivity index is 2.09. The second-order valence-electron chi connectivity index (χ2n) is 4.12. The molecule has 0 aromatic heterocycles. The molecule has 1 aliphatic rings. The molecule has 1 aromatic carbocycles. The lowest BCUT2D eigenvalue weighted by Gasteiger charge is -2.41. The zero-order chi connectivity index (χ0) is 11.1. The summed E-state index contributed by atoms with van der Waals surface area (Å²) in [5.41, 5.74) is 5.72. The molecule has 3 nitrogen and oxygen atoms in total. The van der Waals surface area contributed by atoms with Crippen molar-refractivity contribution in [1.82, 2.24) is 0 Å². The molecule has 0 heterocycles. The number of carbonyl (C=O) groups is 1. The van der Waals surface area contributed by atoms with Gasteiger partial charge in [0.25, 0.3) is 0 Å². The second kappa shape index (κ2) is 3.51. The molecule has 1 fully saturated rings. The number of carboxylic acids is 1. The lowest BCUT2D eigenvalue weighted by atomic mass is 9.66. The van der Waals surface area contributed by atoms with E-state index < -0.39 is 11.5 Å². The summed E-state index contributed by atoms with van der Waals surface area (Å²) in [4.78, 5) is 10.8. The van der Waals surface area contributed by atoms with E-state index in [1.807, 2.05) is 18.2 Å². The van der Waals surface area contributed by atoms with E-state index in [1.165, 1.54) is 0 Å². The van der Waals surface area contributed by atoms with Crippen molar-refractivity contribution >= 4 is 17.6 Å². The summed E-state index contributed by atoms with van der Waals surface area (Å²) >= 11 is 5.86. The van der Waals surface area contributed by atoms with Crippen molar-refractivity contribution in [1.29, 1.82) is 0 Å². The molecular weight excluding hydrogens is 214 g/mol. The summed E-state index contributed by atoms with van der Waals surface area (Å²) < 4.78 is 0. The molecule has 0 bridgehead atoms. The normalized spacial score (nSPS) is 29.6. The Morgan fingerprint density at radius 1 is 1.53 bits per heavy atom. The van der Waals surface area contributed by atoms with Crippen LogP contribution in [0.25, 0.3) is 0 Å². The lowest BCUT2D eigenvalue weighted by Crippen LogP contribution is -2.56. The fraction of sp³-hybridized carbons (Fsp3) is 0.364. The number of aliphatic carboxylic acids is 1. The topological polar surface area (TPSA) is 63.3 Å². The van der Waals surface area contributed by atoms with Gasteiger partial charge in [-0.05, 0) is 36.5 Å². The summed E-state index contributed by atoms with van der Waals surface area (Å²) in [5.74, 6) is -0.689. The van der Waals surface area contributed by atoms with Crippen LogP contribution in [0, 0.1) is 0 Å². The van der Waals surface area contributed by atoms with Crippen molar-refractivity contribution in [3.63, 3.8) is 0 Å². The molecule has 1 aliphatic carbocycles. The number of halogens is 1. The van der Waals surface area contributed by atoms with Gasteiger partial charge in [0.2, 0.25) is 0 Å². The van der Waals surface area contributed by atoms with E-state index >= 15 is 0 Å². The molecule has 80 valence electrons. The Morgan fingerprint density at radius 3 is 2.73 bits per heavy atom. The van der Waals surface area contributed by atoms with Crippen molar-refractivity contribution < 1.29 is 9.90 Å². The molecule has 1 saturated carbocycles. The minimum absolute atomic E-state index is 0.227. The highest BCUT2D eigenvalue weighted by Gasteiger charge is 2.47. The van der Waals surface area contributed by atoms with Gasteiger partial charge in [-0.25, -0.2) is 0 Å². The predicted octanol–water partition coefficient (Wildman–Crippen LogP) is 2.00. The first kappa shape index (κ1) is 10.5. The third-order valence-electron chi connectivity index (χ3n) is 2.97. The van der Waals surface area contributed by atoms with Crippen molar-refractivity contribution in [2.24, 2.45) is 5.73 Å². The highest BCUT2D eigenvalue weighted by atomic mass is 35.5. The van der Waals surface area contributed by atoms with Gasteiger partial charge in [-0.1, -0.05) is 23.7 Å². The van der Waals surface area contributed by atoms with Crippen LogP contribution in [-0.4, -0.2) is 16.6 Å². The maximum absolute atomic E-state index is 10.8. The Hall–Kier alpha value is -1.06. The van der Waals surface area contributed by atoms with Gasteiger partial charge in [-0.2, -0.15) is 0 Å². The van der Waals surface area contributed by atoms with Gasteiger partial charge >= 0.3 is 5.97 Å². The van der Waals surface area contributed by atoms with Gasteiger partial charge < -0.3 is 10.8 Å². The Bertz CT molecular complexity index is 399. The highest BCUT2D eigenvalue weighted by Crippen LogP contribution is 2.43. The van der Waals surface area contributed by atoms with E-state index in [-0.39, 0.29) is 5.92 Å². The second-order valence-corrected chi connectivity index (χ2v) is 4.56. The van der Waals surface area contributed by atoms with Crippen molar-refractivity contribution in [2.45, 2.75) is 24.3 Å². The van der Waals surface area contributed by atoms with E-state index in [1.54, 1.807) is 6.07 Å². The van der Waals surface area contributed by atoms with Crippen LogP contribution in [0.15, 0.2) is 24.3 Å². The number of hydrogen-bond donors (Lipinski definition) is 2. The first-order chi connectivity index (χ1) is 7.01. The van der Waals surface area contributed by atoms with Crippen LogP contribution in [0.3, 0.4) is 0 Å². The van der Waals surface area contributed by atoms with Gasteiger partial charge in [-0.3, -0.25) is 4.79 Å². The summed E-state index contributed by atoms with van der Waals surface area (Å²) in [5, 5.41) is 9.54. The van der Waals surface area contributed by atoms with Crippen LogP contribution in [0.4, 0.5) is 0 Å². The smallest absolute Gasteiger partial charge is 0.323 e. The average molecular weight is 226 g/mol. The number of rotatable bonds is 2. The molecule has 4 heteroatoms. The van der Waals surface area contributed by atoms with Crippen molar-refractivity contribution in [2.75, 3.05) is 0 Å². The maximum atomic E-state index is 10.8. The molecule has 0 radical (unpaired) electrons. The molecule has 0 amide bonds. The standard InChI is InChI=1S/C11H12ClNO2/c12-9-3-1-2-7(4-9)8-5-11(13,6-8)10(14)15/h1-4,8H,5-6,13H2,(H,14,15). The summed E-state index contributed by atoms with van der Waals surface area (Å²) in [6.07, 6.45) is 0.978. The molecule has 0 saturated heterocycles. The minimum atomic E-state index is -1.03. The Morgan fingerprint density at radius 2 is 2.20 bits per heavy atom. The van der Waals surface area contributed by atoms with Crippen molar-refractivity contribution in [3.8, 4) is 0 Å². The van der Waals surface area contributed by atoms with Gasteiger partial charge in [0.1, 0.15) is 5.54 Å². The van der Waals surface area contributed by atoms with Crippen LogP contribution in [0.1, 0.15) is 24.3 Å². The number of nitrogens with two attached hydrogens (primary N) is 1. The zero-order valence-electron chi connectivity index (χ0n) is 8.11. The molecule has 15 heavy (non-hydrogen) atoms. The number of carboxylic acid groups (broad SMARTS) is 1. The van der Waals surface area contributed by atoms with Crippen LogP contribution in [-0.2, 0) is 4.79 Å². The first-order valence-corrected chi connectivity index (χ1v) is 5.17. The molecule has 0 unspecified atom stereocenters. The summed E-state index contributed by atoms with van der Waals surface area (Å²) in [6.45, 7) is 0. The summed E-state index contributed by atoms with van der Waals surface area (Å²) in [7, 11) is 0. The van der Waals surface area contributed by atoms with E-state index in [0.29, 0.717) is 17.9 Å². The fourth-order valence-corrected chi connectivity index (χ4v) is 2.19. The van der Waals surface area contributed by atoms with Gasteiger partial charge in [0.05, 0.1) is 0 Å². The molecule has 1 aromatic rings. The number of benzene rings is 1. The Kier molecular flexibility index (Phi) is 2.44. The van der Waals surface area contributed by atoms with E-state index in [4.69, 9.17) is 22.4 Å². The first-order valence-electron chi connectivity index (χ1n) is 4.79. The monoisotopic (exact) mass is 225 g/mol. The van der Waals surface area contributed by atoms with Gasteiger partial charge in [0.15, 0.2) is 0 Å². The van der Waals surface area contributed by atoms with E-state index in [0.717, 1.165) is 5.56 Å². The third kappa shape index (κ3) is 1.85. The van der Waals surface area contributed by atoms with Crippen LogP contribution in [0.2, 0.25) is 5.02 Å². The molecule has 2 rings (SSSR count). The molecular formula is C11H12ClNO2. The Labute approximate surface area is 92.8 Å². The number of hydrogen-bond acceptors (Lipinski definition) is 2. The SMILES string of the molecule is NC1(C(=O)O)CC(c2cccc(Cl)c2)C1. The molecule has 0 atom stereocenters. The largest absolute Gasteiger partial charge is 0.480 e. The molecule has 0 aliphatic heterocycles. The average Bonchev–Trinajstić information content (AvgIpc) is 2.12. The third-order valence-corrected chi connectivity index (χ3v) is 3.20. The maximum Gasteiger partial charge on any atom is 0.323 e. The predicted molar refractivity (Wildman–Crippen MR) is 58.0 cm³/mol. The van der Waals surface area contributed by atoms with Crippen LogP contribution in [0.5, 0.6) is 0 Å². The summed E-state index contributed by atoms with van der Waals surface area (Å²) in [6, 6.07) is 7.50. The minimum Gasteiger partial charge on any atom is -0.480 e. The quantitative estimate of drug-likeness (QED) is 0.809. The van der Waals surface area contributed by atoms with Crippen LogP contribution >= 0.6 is 11.6 Å². The zero-order valence-corrected chi connectivity index (χ0v) is 8.87.